The fraction of sp³-hybridized carbons (Fsp3) is 0.400. The molecule has 0 spiro atoms. The summed E-state index contributed by atoms with van der Waals surface area (Å²) in [5, 5.41) is 24.1. The van der Waals surface area contributed by atoms with Crippen molar-refractivity contribution in [3.05, 3.63) is 28.8 Å². The number of amidine groups is 1. The van der Waals surface area contributed by atoms with Crippen LogP contribution in [-0.4, -0.2) is 40.8 Å². The SMILES string of the molecule is CCOC(=O)CC(=N)N1CC(C)C(c2cccc(Cl)c2O)=N1. The van der Waals surface area contributed by atoms with Crippen LogP contribution in [0.4, 0.5) is 0 Å². The van der Waals surface area contributed by atoms with Crippen molar-refractivity contribution in [2.45, 2.75) is 20.3 Å². The van der Waals surface area contributed by atoms with Gasteiger partial charge in [-0.3, -0.25) is 15.2 Å². The van der Waals surface area contributed by atoms with Gasteiger partial charge >= 0.3 is 5.97 Å². The first-order valence-electron chi connectivity index (χ1n) is 7.01. The Labute approximate surface area is 133 Å². The van der Waals surface area contributed by atoms with Crippen LogP contribution < -0.4 is 0 Å². The molecule has 118 valence electrons. The molecule has 0 radical (unpaired) electrons. The number of hydrazone groups is 1. The molecule has 2 rings (SSSR count). The number of hydrogen-bond acceptors (Lipinski definition) is 5. The maximum absolute atomic E-state index is 11.4. The molecule has 2 N–H and O–H groups in total. The Hall–Kier alpha value is -2.08. The average Bonchev–Trinajstić information content (AvgIpc) is 2.84. The summed E-state index contributed by atoms with van der Waals surface area (Å²) in [6, 6.07) is 5.06. The Morgan fingerprint density at radius 1 is 1.59 bits per heavy atom. The first-order chi connectivity index (χ1) is 10.4. The van der Waals surface area contributed by atoms with Gasteiger partial charge in [-0.2, -0.15) is 5.10 Å². The van der Waals surface area contributed by atoms with Gasteiger partial charge in [0.05, 0.1) is 23.9 Å². The predicted molar refractivity (Wildman–Crippen MR) is 84.5 cm³/mol. The molecule has 1 heterocycles. The molecule has 1 aromatic carbocycles. The lowest BCUT2D eigenvalue weighted by Crippen LogP contribution is -2.27. The van der Waals surface area contributed by atoms with E-state index in [1.807, 2.05) is 6.92 Å². The zero-order chi connectivity index (χ0) is 16.3. The predicted octanol–water partition coefficient (Wildman–Crippen LogP) is 2.63. The third-order valence-electron chi connectivity index (χ3n) is 3.33. The molecule has 0 aliphatic carbocycles. The molecule has 0 saturated carbocycles. The molecule has 7 heteroatoms. The maximum atomic E-state index is 11.4. The van der Waals surface area contributed by atoms with Crippen molar-refractivity contribution in [1.82, 2.24) is 5.01 Å². The first kappa shape index (κ1) is 16.3. The number of nitrogens with one attached hydrogen (secondary N) is 1. The number of hydrogen-bond donors (Lipinski definition) is 2. The van der Waals surface area contributed by atoms with E-state index in [-0.39, 0.29) is 35.6 Å². The van der Waals surface area contributed by atoms with Crippen molar-refractivity contribution in [2.75, 3.05) is 13.2 Å². The number of nitrogens with zero attached hydrogens (tertiary/aromatic N) is 2. The van der Waals surface area contributed by atoms with E-state index < -0.39 is 5.97 Å². The number of benzene rings is 1. The van der Waals surface area contributed by atoms with E-state index in [1.54, 1.807) is 25.1 Å². The monoisotopic (exact) mass is 323 g/mol. The highest BCUT2D eigenvalue weighted by molar-refractivity contribution is 6.32. The van der Waals surface area contributed by atoms with Crippen molar-refractivity contribution in [3.63, 3.8) is 0 Å². The summed E-state index contributed by atoms with van der Waals surface area (Å²) in [6.07, 6.45) is -0.126. The minimum absolute atomic E-state index is 0.00640. The van der Waals surface area contributed by atoms with E-state index >= 15 is 0 Å². The van der Waals surface area contributed by atoms with Crippen LogP contribution in [0.2, 0.25) is 5.02 Å². The molecule has 1 aliphatic rings. The first-order valence-corrected chi connectivity index (χ1v) is 7.38. The molecule has 22 heavy (non-hydrogen) atoms. The zero-order valence-electron chi connectivity index (χ0n) is 12.5. The molecule has 1 atom stereocenters. The number of phenolic OH excluding ortho intramolecular Hbond substituents is 1. The van der Waals surface area contributed by atoms with Gasteiger partial charge in [-0.05, 0) is 19.1 Å². The Morgan fingerprint density at radius 3 is 3.00 bits per heavy atom. The van der Waals surface area contributed by atoms with E-state index in [0.29, 0.717) is 17.8 Å². The van der Waals surface area contributed by atoms with Crippen LogP contribution in [-0.2, 0) is 9.53 Å². The van der Waals surface area contributed by atoms with E-state index in [9.17, 15) is 9.90 Å². The normalized spacial score (nSPS) is 17.3. The minimum atomic E-state index is -0.450. The molecule has 0 fully saturated rings. The number of esters is 1. The van der Waals surface area contributed by atoms with Crippen molar-refractivity contribution in [3.8, 4) is 5.75 Å². The smallest absolute Gasteiger partial charge is 0.313 e. The summed E-state index contributed by atoms with van der Waals surface area (Å²) in [6.45, 7) is 4.42. The molecule has 0 saturated heterocycles. The lowest BCUT2D eigenvalue weighted by molar-refractivity contribution is -0.141. The molecule has 1 aromatic rings. The van der Waals surface area contributed by atoms with Gasteiger partial charge in [0.2, 0.25) is 0 Å². The van der Waals surface area contributed by atoms with E-state index in [0.717, 1.165) is 0 Å². The number of rotatable bonds is 4. The third kappa shape index (κ3) is 3.39. The van der Waals surface area contributed by atoms with Gasteiger partial charge in [0, 0.05) is 11.5 Å². The number of ether oxygens (including phenoxy) is 1. The number of aromatic hydroxyl groups is 1. The average molecular weight is 324 g/mol. The summed E-state index contributed by atoms with van der Waals surface area (Å²) >= 11 is 5.92. The fourth-order valence-corrected chi connectivity index (χ4v) is 2.44. The summed E-state index contributed by atoms with van der Waals surface area (Å²) in [5.41, 5.74) is 1.19. The highest BCUT2D eigenvalue weighted by Crippen LogP contribution is 2.31. The second kappa shape index (κ2) is 6.79. The molecular formula is C15H18ClN3O3. The molecule has 0 amide bonds. The number of halogens is 1. The standard InChI is InChI=1S/C15H18ClN3O3/c1-3-22-13(20)7-12(17)19-8-9(2)14(18-19)10-5-4-6-11(16)15(10)21/h4-6,9,17,21H,3,7-8H2,1-2H3. The third-order valence-corrected chi connectivity index (χ3v) is 3.64. The van der Waals surface area contributed by atoms with Crippen LogP contribution in [0.25, 0.3) is 0 Å². The van der Waals surface area contributed by atoms with E-state index in [2.05, 4.69) is 5.10 Å². The zero-order valence-corrected chi connectivity index (χ0v) is 13.2. The second-order valence-corrected chi connectivity index (χ2v) is 5.44. The summed E-state index contributed by atoms with van der Waals surface area (Å²) < 4.78 is 4.83. The second-order valence-electron chi connectivity index (χ2n) is 5.03. The van der Waals surface area contributed by atoms with Crippen molar-refractivity contribution < 1.29 is 14.6 Å². The summed E-state index contributed by atoms with van der Waals surface area (Å²) in [7, 11) is 0. The summed E-state index contributed by atoms with van der Waals surface area (Å²) in [4.78, 5) is 11.4. The minimum Gasteiger partial charge on any atom is -0.506 e. The van der Waals surface area contributed by atoms with E-state index in [4.69, 9.17) is 21.7 Å². The Bertz CT molecular complexity index is 630. The van der Waals surface area contributed by atoms with Gasteiger partial charge in [0.15, 0.2) is 0 Å². The van der Waals surface area contributed by atoms with Gasteiger partial charge in [0.25, 0.3) is 0 Å². The number of carbonyl (C=O) groups is 1. The number of carbonyl (C=O) groups excluding carboxylic acids is 1. The molecule has 1 unspecified atom stereocenters. The van der Waals surface area contributed by atoms with Crippen molar-refractivity contribution in [2.24, 2.45) is 11.0 Å². The fourth-order valence-electron chi connectivity index (χ4n) is 2.27. The quantitative estimate of drug-likeness (QED) is 0.506. The van der Waals surface area contributed by atoms with Crippen molar-refractivity contribution in [1.29, 1.82) is 5.41 Å². The van der Waals surface area contributed by atoms with Crippen LogP contribution in [0.1, 0.15) is 25.8 Å². The molecule has 0 aromatic heterocycles. The van der Waals surface area contributed by atoms with Gasteiger partial charge in [-0.25, -0.2) is 0 Å². The van der Waals surface area contributed by atoms with Gasteiger partial charge < -0.3 is 9.84 Å². The lowest BCUT2D eigenvalue weighted by Gasteiger charge is -2.14. The molecular weight excluding hydrogens is 306 g/mol. The highest BCUT2D eigenvalue weighted by atomic mass is 35.5. The van der Waals surface area contributed by atoms with Gasteiger partial charge in [0.1, 0.15) is 18.0 Å². The lowest BCUT2D eigenvalue weighted by atomic mass is 9.98. The van der Waals surface area contributed by atoms with Crippen LogP contribution in [0.5, 0.6) is 5.75 Å². The van der Waals surface area contributed by atoms with Crippen LogP contribution >= 0.6 is 11.6 Å². The Balaban J connectivity index is 2.18. The number of para-hydroxylation sites is 1. The van der Waals surface area contributed by atoms with Gasteiger partial charge in [-0.1, -0.05) is 24.6 Å². The summed E-state index contributed by atoms with van der Waals surface area (Å²) in [5.74, 6) is -0.392. The van der Waals surface area contributed by atoms with Crippen LogP contribution in [0, 0.1) is 11.3 Å². The van der Waals surface area contributed by atoms with Crippen LogP contribution in [0.15, 0.2) is 23.3 Å². The Kier molecular flexibility index (Phi) is 5.03. The largest absolute Gasteiger partial charge is 0.506 e. The Morgan fingerprint density at radius 2 is 2.32 bits per heavy atom. The molecule has 0 bridgehead atoms. The van der Waals surface area contributed by atoms with E-state index in [1.165, 1.54) is 5.01 Å². The van der Waals surface area contributed by atoms with Crippen molar-refractivity contribution >= 4 is 29.1 Å². The molecule has 6 nitrogen and oxygen atoms in total. The highest BCUT2D eigenvalue weighted by Gasteiger charge is 2.29. The maximum Gasteiger partial charge on any atom is 0.313 e. The number of phenols is 1. The topological polar surface area (TPSA) is 86.0 Å². The molecule has 1 aliphatic heterocycles. The van der Waals surface area contributed by atoms with Gasteiger partial charge in [-0.15, -0.1) is 0 Å². The van der Waals surface area contributed by atoms with Crippen LogP contribution in [0.3, 0.4) is 0 Å².